The van der Waals surface area contributed by atoms with Crippen LogP contribution < -0.4 is 0 Å². The number of nitrogens with zero attached hydrogens (tertiary/aromatic N) is 3. The molecule has 5 nitrogen and oxygen atoms in total. The predicted molar refractivity (Wildman–Crippen MR) is 105 cm³/mol. The fourth-order valence-corrected chi connectivity index (χ4v) is 4.95. The van der Waals surface area contributed by atoms with Gasteiger partial charge in [-0.25, -0.2) is 9.40 Å². The van der Waals surface area contributed by atoms with Crippen LogP contribution in [0.5, 0.6) is 0 Å². The van der Waals surface area contributed by atoms with Gasteiger partial charge in [-0.2, -0.15) is 12.7 Å². The van der Waals surface area contributed by atoms with E-state index in [0.29, 0.717) is 11.6 Å². The van der Waals surface area contributed by atoms with Crippen molar-refractivity contribution in [2.75, 3.05) is 33.9 Å². The van der Waals surface area contributed by atoms with Crippen LogP contribution in [0.2, 0.25) is 5.02 Å². The van der Waals surface area contributed by atoms with Crippen LogP contribution in [0.4, 0.5) is 4.39 Å². The number of alkyl halides is 1. The molecule has 27 heavy (non-hydrogen) atoms. The summed E-state index contributed by atoms with van der Waals surface area (Å²) in [5.74, 6) is -0.131. The molecule has 8 heteroatoms. The van der Waals surface area contributed by atoms with E-state index in [1.54, 1.807) is 17.1 Å². The second-order valence-corrected chi connectivity index (χ2v) is 9.11. The molecular weight excluding hydrogens is 389 g/mol. The van der Waals surface area contributed by atoms with Gasteiger partial charge in [-0.05, 0) is 23.3 Å². The Morgan fingerprint density at radius 2 is 1.70 bits per heavy atom. The van der Waals surface area contributed by atoms with Gasteiger partial charge < -0.3 is 0 Å². The molecule has 3 rings (SSSR count). The van der Waals surface area contributed by atoms with Gasteiger partial charge in [0.2, 0.25) is 0 Å². The van der Waals surface area contributed by atoms with E-state index in [0.717, 1.165) is 15.4 Å². The molecule has 0 saturated carbocycles. The maximum atomic E-state index is 13.2. The third-order valence-corrected chi connectivity index (χ3v) is 6.89. The largest absolute Gasteiger partial charge is 0.295 e. The van der Waals surface area contributed by atoms with E-state index in [1.807, 2.05) is 42.5 Å². The number of hydrogen-bond donors (Lipinski definition) is 0. The number of rotatable bonds is 6. The molecule has 0 radical (unpaired) electrons. The lowest BCUT2D eigenvalue weighted by atomic mass is 9.89. The third-order valence-electron chi connectivity index (χ3n) is 4.79. The fraction of sp³-hybridized carbons (Fsp3) is 0.368. The molecule has 0 bridgehead atoms. The van der Waals surface area contributed by atoms with Crippen LogP contribution in [0.25, 0.3) is 0 Å². The molecule has 2 unspecified atom stereocenters. The minimum absolute atomic E-state index is 0.0144. The van der Waals surface area contributed by atoms with Gasteiger partial charge in [0.05, 0.1) is 6.04 Å². The summed E-state index contributed by atoms with van der Waals surface area (Å²) >= 11 is 6.03. The molecule has 0 amide bonds. The predicted octanol–water partition coefficient (Wildman–Crippen LogP) is 3.47. The van der Waals surface area contributed by atoms with E-state index < -0.39 is 22.9 Å². The zero-order valence-electron chi connectivity index (χ0n) is 15.3. The average molecular weight is 412 g/mol. The van der Waals surface area contributed by atoms with E-state index in [4.69, 9.17) is 11.6 Å². The van der Waals surface area contributed by atoms with Crippen LogP contribution in [-0.2, 0) is 10.2 Å². The maximum Gasteiger partial charge on any atom is 0.295 e. The molecule has 0 N–H and O–H groups in total. The Balaban J connectivity index is 2.15. The first-order valence-electron chi connectivity index (χ1n) is 8.69. The van der Waals surface area contributed by atoms with Crippen LogP contribution in [0.3, 0.4) is 0 Å². The minimum Gasteiger partial charge on any atom is -0.250 e. The molecule has 2 atom stereocenters. The summed E-state index contributed by atoms with van der Waals surface area (Å²) in [6, 6.07) is 16.4. The second kappa shape index (κ2) is 8.24. The Morgan fingerprint density at radius 1 is 1.07 bits per heavy atom. The van der Waals surface area contributed by atoms with Gasteiger partial charge in [0.15, 0.2) is 0 Å². The summed E-state index contributed by atoms with van der Waals surface area (Å²) in [6.07, 6.45) is 0. The summed E-state index contributed by atoms with van der Waals surface area (Å²) < 4.78 is 41.9. The molecule has 1 fully saturated rings. The molecule has 2 aromatic carbocycles. The molecule has 0 spiro atoms. The van der Waals surface area contributed by atoms with Crippen molar-refractivity contribution in [3.05, 3.63) is 70.7 Å². The molecule has 1 aliphatic rings. The lowest BCUT2D eigenvalue weighted by Crippen LogP contribution is -2.48. The van der Waals surface area contributed by atoms with Crippen molar-refractivity contribution in [2.24, 2.45) is 0 Å². The molecular formula is C19H23ClFN3O2S. The quantitative estimate of drug-likeness (QED) is 0.731. The third kappa shape index (κ3) is 4.02. The van der Waals surface area contributed by atoms with Crippen molar-refractivity contribution in [3.63, 3.8) is 0 Å². The van der Waals surface area contributed by atoms with E-state index in [1.165, 1.54) is 18.5 Å². The van der Waals surface area contributed by atoms with E-state index in [9.17, 15) is 12.8 Å². The Morgan fingerprint density at radius 3 is 2.26 bits per heavy atom. The van der Waals surface area contributed by atoms with Crippen molar-refractivity contribution in [1.82, 2.24) is 13.7 Å². The number of hydrazine groups is 1. The second-order valence-electron chi connectivity index (χ2n) is 6.68. The maximum absolute atomic E-state index is 13.2. The summed E-state index contributed by atoms with van der Waals surface area (Å²) in [7, 11) is -0.836. The smallest absolute Gasteiger partial charge is 0.250 e. The van der Waals surface area contributed by atoms with Crippen molar-refractivity contribution < 1.29 is 12.8 Å². The molecule has 0 aromatic heterocycles. The first-order chi connectivity index (χ1) is 12.9. The lowest BCUT2D eigenvalue weighted by Gasteiger charge is -2.33. The van der Waals surface area contributed by atoms with Crippen LogP contribution in [0.15, 0.2) is 54.6 Å². The zero-order chi connectivity index (χ0) is 19.6. The van der Waals surface area contributed by atoms with E-state index >= 15 is 0 Å². The number of halogens is 2. The number of hydrogen-bond acceptors (Lipinski definition) is 3. The zero-order valence-corrected chi connectivity index (χ0v) is 16.9. The lowest BCUT2D eigenvalue weighted by molar-refractivity contribution is 0.0766. The Kier molecular flexibility index (Phi) is 6.18. The number of benzene rings is 2. The highest BCUT2D eigenvalue weighted by Crippen LogP contribution is 2.45. The van der Waals surface area contributed by atoms with Crippen molar-refractivity contribution in [2.45, 2.75) is 12.0 Å². The first kappa shape index (κ1) is 20.2. The molecule has 1 saturated heterocycles. The summed E-state index contributed by atoms with van der Waals surface area (Å²) in [6.45, 7) is -0.205. The minimum atomic E-state index is -3.80. The first-order valence-corrected chi connectivity index (χ1v) is 10.5. The normalized spacial score (nSPS) is 21.8. The van der Waals surface area contributed by atoms with Gasteiger partial charge in [-0.15, -0.1) is 4.41 Å². The topological polar surface area (TPSA) is 43.9 Å². The molecule has 146 valence electrons. The van der Waals surface area contributed by atoms with Crippen molar-refractivity contribution in [3.8, 4) is 0 Å². The van der Waals surface area contributed by atoms with Crippen LogP contribution in [0, 0.1) is 0 Å². The Labute approximate surface area is 165 Å². The fourth-order valence-electron chi connectivity index (χ4n) is 3.49. The molecule has 1 aliphatic heterocycles. The van der Waals surface area contributed by atoms with E-state index in [2.05, 4.69) is 0 Å². The SMILES string of the molecule is CN(C)S(=O)(=O)N1C(c2ccc(Cl)cc2)C(c2ccccc2)CN1CCF. The van der Waals surface area contributed by atoms with Crippen LogP contribution >= 0.6 is 11.6 Å². The highest BCUT2D eigenvalue weighted by molar-refractivity contribution is 7.86. The molecule has 0 aliphatic carbocycles. The monoisotopic (exact) mass is 411 g/mol. The van der Waals surface area contributed by atoms with Crippen LogP contribution in [-0.4, -0.2) is 56.0 Å². The van der Waals surface area contributed by atoms with Crippen molar-refractivity contribution >= 4 is 21.8 Å². The van der Waals surface area contributed by atoms with Gasteiger partial charge in [0.1, 0.15) is 6.67 Å². The van der Waals surface area contributed by atoms with Gasteiger partial charge >= 0.3 is 0 Å². The molecule has 1 heterocycles. The van der Waals surface area contributed by atoms with Gasteiger partial charge in [-0.1, -0.05) is 54.1 Å². The Hall–Kier alpha value is -1.51. The Bertz CT molecular complexity index is 862. The summed E-state index contributed by atoms with van der Waals surface area (Å²) in [5.41, 5.74) is 1.83. The highest BCUT2D eigenvalue weighted by atomic mass is 35.5. The van der Waals surface area contributed by atoms with Gasteiger partial charge in [0, 0.05) is 38.1 Å². The van der Waals surface area contributed by atoms with Crippen molar-refractivity contribution in [1.29, 1.82) is 0 Å². The van der Waals surface area contributed by atoms with Crippen LogP contribution in [0.1, 0.15) is 23.1 Å². The van der Waals surface area contributed by atoms with Gasteiger partial charge in [-0.3, -0.25) is 0 Å². The standard InChI is InChI=1S/C19H23ClFN3O2S/c1-22(2)27(25,26)24-19(16-8-10-17(20)11-9-16)18(14-23(24)13-12-21)15-6-4-3-5-7-15/h3-11,18-19H,12-14H2,1-2H3. The summed E-state index contributed by atoms with van der Waals surface area (Å²) in [4.78, 5) is 0. The highest BCUT2D eigenvalue weighted by Gasteiger charge is 2.48. The van der Waals surface area contributed by atoms with Gasteiger partial charge in [0.25, 0.3) is 10.2 Å². The van der Waals surface area contributed by atoms with E-state index in [-0.39, 0.29) is 12.5 Å². The average Bonchev–Trinajstić information content (AvgIpc) is 3.03. The summed E-state index contributed by atoms with van der Waals surface area (Å²) in [5, 5.41) is 2.17. The molecule has 2 aromatic rings.